The fourth-order valence-corrected chi connectivity index (χ4v) is 8.39. The number of allylic oxidation sites excluding steroid dienone is 3. The number of aliphatic hydroxyl groups is 3. The first-order valence-electron chi connectivity index (χ1n) is 20.4. The number of ketones is 1. The molecule has 304 valence electrons. The summed E-state index contributed by atoms with van der Waals surface area (Å²) in [6.07, 6.45) is 4.47. The molecule has 54 heavy (non-hydrogen) atoms. The number of aliphatic hydroxyl groups excluding tert-OH is 3. The molecule has 11 heteroatoms. The van der Waals surface area contributed by atoms with Crippen LogP contribution in [0.2, 0.25) is 0 Å². The zero-order chi connectivity index (χ0) is 39.4. The van der Waals surface area contributed by atoms with Crippen LogP contribution in [0.1, 0.15) is 85.1 Å². The van der Waals surface area contributed by atoms with Crippen molar-refractivity contribution in [3.8, 4) is 0 Å². The van der Waals surface area contributed by atoms with Crippen LogP contribution in [0.3, 0.4) is 0 Å². The van der Waals surface area contributed by atoms with Crippen LogP contribution in [0.4, 0.5) is 0 Å². The smallest absolute Gasteiger partial charge is 0.308 e. The molecule has 0 aliphatic carbocycles. The van der Waals surface area contributed by atoms with Crippen LogP contribution in [-0.2, 0) is 30.3 Å². The number of cyclic esters (lactones) is 1. The first-order chi connectivity index (χ1) is 25.8. The van der Waals surface area contributed by atoms with Gasteiger partial charge in [0.1, 0.15) is 12.2 Å². The number of likely N-dealkylation sites (N-methyl/N-ethyl adjacent to an activating group) is 1. The van der Waals surface area contributed by atoms with Gasteiger partial charge < -0.3 is 44.6 Å². The summed E-state index contributed by atoms with van der Waals surface area (Å²) in [6, 6.07) is 9.46. The number of hydrogen-bond acceptors (Lipinski definition) is 11. The third-order valence-corrected chi connectivity index (χ3v) is 11.8. The van der Waals surface area contributed by atoms with Gasteiger partial charge in [-0.1, -0.05) is 75.2 Å². The molecule has 0 amide bonds. The van der Waals surface area contributed by atoms with Crippen molar-refractivity contribution >= 4 is 11.8 Å². The maximum atomic E-state index is 13.8. The Morgan fingerprint density at radius 3 is 2.35 bits per heavy atom. The highest BCUT2D eigenvalue weighted by Crippen LogP contribution is 2.35. The average Bonchev–Trinajstić information content (AvgIpc) is 3.15. The summed E-state index contributed by atoms with van der Waals surface area (Å²) >= 11 is 0. The lowest BCUT2D eigenvalue weighted by Crippen LogP contribution is -2.63. The van der Waals surface area contributed by atoms with Crippen LogP contribution in [0.25, 0.3) is 0 Å². The van der Waals surface area contributed by atoms with Gasteiger partial charge in [0.05, 0.1) is 36.9 Å². The van der Waals surface area contributed by atoms with Gasteiger partial charge in [0.2, 0.25) is 0 Å². The minimum absolute atomic E-state index is 0.000331. The number of piperidine rings is 1. The third kappa shape index (κ3) is 12.8. The molecule has 12 atom stereocenters. The monoisotopic (exact) mass is 756 g/mol. The molecule has 2 fully saturated rings. The van der Waals surface area contributed by atoms with Crippen molar-refractivity contribution in [2.45, 2.75) is 135 Å². The Kier molecular flexibility index (Phi) is 17.8. The predicted molar refractivity (Wildman–Crippen MR) is 210 cm³/mol. The van der Waals surface area contributed by atoms with E-state index >= 15 is 0 Å². The average molecular weight is 756 g/mol. The number of rotatable bonds is 11. The molecule has 1 aromatic carbocycles. The van der Waals surface area contributed by atoms with E-state index in [9.17, 15) is 24.9 Å². The fraction of sp³-hybridized carbons (Fsp3) is 0.721. The second kappa shape index (κ2) is 21.7. The minimum atomic E-state index is -1.18. The van der Waals surface area contributed by atoms with E-state index in [4.69, 9.17) is 14.2 Å². The van der Waals surface area contributed by atoms with E-state index < -0.39 is 60.8 Å². The molecule has 0 aromatic heterocycles. The number of esters is 1. The minimum Gasteiger partial charge on any atom is -0.462 e. The van der Waals surface area contributed by atoms with Gasteiger partial charge >= 0.3 is 5.97 Å². The first kappa shape index (κ1) is 44.2. The molecule has 1 aromatic rings. The summed E-state index contributed by atoms with van der Waals surface area (Å²) < 4.78 is 19.0. The normalized spacial score (nSPS) is 37.1. The Morgan fingerprint density at radius 1 is 0.981 bits per heavy atom. The molecule has 4 N–H and O–H groups in total. The first-order valence-corrected chi connectivity index (χ1v) is 20.4. The van der Waals surface area contributed by atoms with Crippen molar-refractivity contribution in [1.82, 2.24) is 15.1 Å². The van der Waals surface area contributed by atoms with Crippen molar-refractivity contribution in [1.29, 1.82) is 0 Å². The van der Waals surface area contributed by atoms with Crippen molar-refractivity contribution in [3.05, 3.63) is 59.7 Å². The number of nitrogens with zero attached hydrogens (tertiary/aromatic N) is 2. The van der Waals surface area contributed by atoms with Crippen LogP contribution in [-0.4, -0.2) is 126 Å². The zero-order valence-corrected chi connectivity index (χ0v) is 33.8. The van der Waals surface area contributed by atoms with E-state index in [0.29, 0.717) is 32.4 Å². The summed E-state index contributed by atoms with van der Waals surface area (Å²) in [6.45, 7) is 13.5. The van der Waals surface area contributed by atoms with Gasteiger partial charge in [0, 0.05) is 30.8 Å². The summed E-state index contributed by atoms with van der Waals surface area (Å²) in [5.74, 6) is -1.83. The molecule has 0 unspecified atom stereocenters. The largest absolute Gasteiger partial charge is 0.462 e. The lowest BCUT2D eigenvalue weighted by atomic mass is 9.79. The van der Waals surface area contributed by atoms with E-state index in [0.717, 1.165) is 43.6 Å². The van der Waals surface area contributed by atoms with E-state index in [1.165, 1.54) is 6.42 Å². The Balaban J connectivity index is 1.66. The standard InChI is InChI=1S/C43H69N3O8/c1-8-37-34(27-44-26-32-15-11-9-12-16-32)23-28(2)17-18-35(47)29(3)24-33(19-22-46-20-13-10-14-21-46)42(30(4)36(48)25-38(49)53-37)54-43-41(51)39(45(6)7)40(50)31(5)52-43/h9,11-12,15-18,23,29-31,33-34,36-37,39-44,48,50-51H,8,10,13-14,19-22,24-27H2,1-7H3/b18-17+,28-23+/t29-,30+,31-,33+,34-,36-,37-,39+,40-,41-,42-,43+/m1/s1. The molecule has 11 nitrogen and oxygen atoms in total. The number of ether oxygens (including phenoxy) is 3. The summed E-state index contributed by atoms with van der Waals surface area (Å²) in [4.78, 5) is 31.6. The molecule has 4 rings (SSSR count). The summed E-state index contributed by atoms with van der Waals surface area (Å²) in [5, 5.41) is 37.8. The SMILES string of the molecule is CC[C@H]1OC(=O)C[C@@H](O)[C@H](C)[C@@H](O[C@@H]2O[C@H](C)[C@@H](O)[C@H](N(C)C)[C@H]2O)[C@@H](CCN2CCCCC2)C[C@@H](C)C(=O)/C=C/C(C)=C/[C@@H]1CNCc1ccccc1. The Hall–Kier alpha value is -2.48. The Bertz CT molecular complexity index is 1350. The van der Waals surface area contributed by atoms with Gasteiger partial charge in [-0.2, -0.15) is 0 Å². The van der Waals surface area contributed by atoms with E-state index in [2.05, 4.69) is 28.4 Å². The van der Waals surface area contributed by atoms with Gasteiger partial charge in [-0.15, -0.1) is 0 Å². The van der Waals surface area contributed by atoms with Crippen molar-refractivity contribution in [2.75, 3.05) is 40.3 Å². The second-order valence-electron chi connectivity index (χ2n) is 16.3. The van der Waals surface area contributed by atoms with Gasteiger partial charge in [-0.05, 0) is 97.2 Å². The number of likely N-dealkylation sites (tertiary alicyclic amines) is 1. The van der Waals surface area contributed by atoms with E-state index in [1.807, 2.05) is 52.0 Å². The highest BCUT2D eigenvalue weighted by atomic mass is 16.7. The molecular weight excluding hydrogens is 686 g/mol. The predicted octanol–water partition coefficient (Wildman–Crippen LogP) is 4.49. The molecule has 2 saturated heterocycles. The number of hydrogen-bond donors (Lipinski definition) is 4. The molecule has 0 spiro atoms. The molecular formula is C43H69N3O8. The Morgan fingerprint density at radius 2 is 1.69 bits per heavy atom. The molecule has 3 aliphatic rings. The van der Waals surface area contributed by atoms with Gasteiger partial charge in [-0.25, -0.2) is 0 Å². The maximum absolute atomic E-state index is 13.8. The lowest BCUT2D eigenvalue weighted by Gasteiger charge is -2.47. The highest BCUT2D eigenvalue weighted by Gasteiger charge is 2.47. The third-order valence-electron chi connectivity index (χ3n) is 11.8. The molecule has 3 aliphatic heterocycles. The number of benzene rings is 1. The molecule has 0 saturated carbocycles. The number of nitrogens with one attached hydrogen (secondary N) is 1. The quantitative estimate of drug-likeness (QED) is 0.238. The Labute approximate surface area is 324 Å². The van der Waals surface area contributed by atoms with Crippen LogP contribution in [0.15, 0.2) is 54.1 Å². The van der Waals surface area contributed by atoms with Crippen LogP contribution in [0, 0.1) is 23.7 Å². The van der Waals surface area contributed by atoms with E-state index in [1.54, 1.807) is 32.0 Å². The highest BCUT2D eigenvalue weighted by molar-refractivity contribution is 5.91. The molecule has 0 radical (unpaired) electrons. The van der Waals surface area contributed by atoms with Gasteiger partial charge in [0.15, 0.2) is 12.1 Å². The van der Waals surface area contributed by atoms with Crippen LogP contribution >= 0.6 is 0 Å². The lowest BCUT2D eigenvalue weighted by molar-refractivity contribution is -0.304. The maximum Gasteiger partial charge on any atom is 0.308 e. The van der Waals surface area contributed by atoms with Crippen molar-refractivity contribution in [3.63, 3.8) is 0 Å². The second-order valence-corrected chi connectivity index (χ2v) is 16.3. The summed E-state index contributed by atoms with van der Waals surface area (Å²) in [5.41, 5.74) is 2.04. The van der Waals surface area contributed by atoms with Crippen molar-refractivity contribution < 1.29 is 39.1 Å². The topological polar surface area (TPSA) is 141 Å². The van der Waals surface area contributed by atoms with Gasteiger partial charge in [-0.3, -0.25) is 9.59 Å². The molecule has 0 bridgehead atoms. The number of carbonyl (C=O) groups is 2. The fourth-order valence-electron chi connectivity index (χ4n) is 8.39. The van der Waals surface area contributed by atoms with Crippen LogP contribution in [0.5, 0.6) is 0 Å². The zero-order valence-electron chi connectivity index (χ0n) is 33.8. The number of carbonyl (C=O) groups excluding carboxylic acids is 2. The summed E-state index contributed by atoms with van der Waals surface area (Å²) in [7, 11) is 3.59. The van der Waals surface area contributed by atoms with E-state index in [-0.39, 0.29) is 30.0 Å². The van der Waals surface area contributed by atoms with Crippen LogP contribution < -0.4 is 5.32 Å². The van der Waals surface area contributed by atoms with Crippen molar-refractivity contribution in [2.24, 2.45) is 23.7 Å². The molecule has 3 heterocycles. The van der Waals surface area contributed by atoms with Gasteiger partial charge in [0.25, 0.3) is 0 Å².